The summed E-state index contributed by atoms with van der Waals surface area (Å²) in [6, 6.07) is 10.6. The van der Waals surface area contributed by atoms with Crippen molar-refractivity contribution < 1.29 is 14.3 Å². The van der Waals surface area contributed by atoms with Crippen LogP contribution in [0.2, 0.25) is 0 Å². The SMILES string of the molecule is CCOC(=O)C1CCN(Cc2ccc3cc(O[C@H]4CC[C@@H](CC)CC4)ccc3n2)CC1. The number of piperidine rings is 1. The molecule has 2 aliphatic rings. The van der Waals surface area contributed by atoms with Crippen LogP contribution >= 0.6 is 0 Å². The van der Waals surface area contributed by atoms with E-state index < -0.39 is 0 Å². The van der Waals surface area contributed by atoms with Crippen LogP contribution in [0.1, 0.15) is 64.5 Å². The van der Waals surface area contributed by atoms with Crippen LogP contribution in [0.4, 0.5) is 0 Å². The molecule has 168 valence electrons. The third-order valence-electron chi connectivity index (χ3n) is 6.99. The summed E-state index contributed by atoms with van der Waals surface area (Å²) in [7, 11) is 0. The molecule has 1 saturated heterocycles. The Morgan fingerprint density at radius 2 is 1.81 bits per heavy atom. The smallest absolute Gasteiger partial charge is 0.309 e. The molecule has 2 aromatic rings. The minimum atomic E-state index is -0.0394. The van der Waals surface area contributed by atoms with Crippen LogP contribution in [-0.4, -0.2) is 41.7 Å². The Kier molecular flexibility index (Phi) is 7.44. The van der Waals surface area contributed by atoms with E-state index in [-0.39, 0.29) is 11.9 Å². The van der Waals surface area contributed by atoms with Crippen molar-refractivity contribution in [3.63, 3.8) is 0 Å². The van der Waals surface area contributed by atoms with Gasteiger partial charge in [-0.3, -0.25) is 14.7 Å². The van der Waals surface area contributed by atoms with Gasteiger partial charge in [0.15, 0.2) is 0 Å². The molecule has 1 saturated carbocycles. The lowest BCUT2D eigenvalue weighted by atomic mass is 9.86. The Bertz CT molecular complexity index is 868. The number of hydrogen-bond donors (Lipinski definition) is 0. The molecule has 0 radical (unpaired) electrons. The zero-order valence-electron chi connectivity index (χ0n) is 19.0. The van der Waals surface area contributed by atoms with Gasteiger partial charge in [0.1, 0.15) is 5.75 Å². The standard InChI is InChI=1S/C26H36N2O3/c1-3-19-5-9-23(10-6-19)31-24-11-12-25-21(17-24)7-8-22(27-25)18-28-15-13-20(14-16-28)26(29)30-4-2/h7-8,11-12,17,19-20,23H,3-6,9-10,13-16,18H2,1-2H3/t19-,23+. The van der Waals surface area contributed by atoms with Gasteiger partial charge in [0, 0.05) is 11.9 Å². The Labute approximate surface area is 186 Å². The van der Waals surface area contributed by atoms with Gasteiger partial charge in [0.2, 0.25) is 0 Å². The van der Waals surface area contributed by atoms with E-state index in [1.165, 1.54) is 32.1 Å². The predicted octanol–water partition coefficient (Wildman–Crippen LogP) is 5.36. The van der Waals surface area contributed by atoms with Gasteiger partial charge in [0.05, 0.1) is 29.8 Å². The van der Waals surface area contributed by atoms with E-state index >= 15 is 0 Å². The third-order valence-corrected chi connectivity index (χ3v) is 6.99. The number of likely N-dealkylation sites (tertiary alicyclic amines) is 1. The number of nitrogens with zero attached hydrogens (tertiary/aromatic N) is 2. The van der Waals surface area contributed by atoms with Crippen molar-refractivity contribution in [3.05, 3.63) is 36.0 Å². The normalized spacial score (nSPS) is 23.0. The van der Waals surface area contributed by atoms with Gasteiger partial charge in [-0.1, -0.05) is 19.4 Å². The van der Waals surface area contributed by atoms with Crippen molar-refractivity contribution >= 4 is 16.9 Å². The Morgan fingerprint density at radius 3 is 2.52 bits per heavy atom. The average molecular weight is 425 g/mol. The molecule has 0 N–H and O–H groups in total. The Morgan fingerprint density at radius 1 is 1.03 bits per heavy atom. The number of ether oxygens (including phenoxy) is 2. The number of aromatic nitrogens is 1. The minimum Gasteiger partial charge on any atom is -0.490 e. The summed E-state index contributed by atoms with van der Waals surface area (Å²) in [6.45, 7) is 7.27. The fraction of sp³-hybridized carbons (Fsp3) is 0.615. The minimum absolute atomic E-state index is 0.0394. The van der Waals surface area contributed by atoms with Gasteiger partial charge in [-0.05, 0) is 88.7 Å². The number of carbonyl (C=O) groups excluding carboxylic acids is 1. The summed E-state index contributed by atoms with van der Waals surface area (Å²) in [5, 5.41) is 1.13. The maximum Gasteiger partial charge on any atom is 0.309 e. The highest BCUT2D eigenvalue weighted by molar-refractivity contribution is 5.80. The molecular weight excluding hydrogens is 388 g/mol. The number of benzene rings is 1. The largest absolute Gasteiger partial charge is 0.490 e. The van der Waals surface area contributed by atoms with Crippen LogP contribution in [0, 0.1) is 11.8 Å². The maximum atomic E-state index is 11.9. The van der Waals surface area contributed by atoms with Gasteiger partial charge in [-0.15, -0.1) is 0 Å². The van der Waals surface area contributed by atoms with Gasteiger partial charge >= 0.3 is 5.97 Å². The Hall–Kier alpha value is -2.14. The fourth-order valence-corrected chi connectivity index (χ4v) is 4.97. The molecule has 4 rings (SSSR count). The second-order valence-electron chi connectivity index (χ2n) is 9.13. The number of hydrogen-bond acceptors (Lipinski definition) is 5. The molecule has 0 unspecified atom stereocenters. The maximum absolute atomic E-state index is 11.9. The molecule has 0 spiro atoms. The van der Waals surface area contributed by atoms with Crippen LogP contribution in [0.3, 0.4) is 0 Å². The fourth-order valence-electron chi connectivity index (χ4n) is 4.97. The second kappa shape index (κ2) is 10.4. The number of fused-ring (bicyclic) bond motifs is 1. The number of esters is 1. The highest BCUT2D eigenvalue weighted by Crippen LogP contribution is 2.30. The first kappa shape index (κ1) is 22.1. The lowest BCUT2D eigenvalue weighted by Gasteiger charge is -2.30. The van der Waals surface area contributed by atoms with E-state index in [9.17, 15) is 4.79 Å². The molecule has 1 aromatic carbocycles. The molecule has 5 heteroatoms. The number of rotatable bonds is 7. The van der Waals surface area contributed by atoms with E-state index in [1.54, 1.807) is 0 Å². The molecule has 2 fully saturated rings. The van der Waals surface area contributed by atoms with Crippen molar-refractivity contribution in [2.24, 2.45) is 11.8 Å². The molecule has 1 aliphatic heterocycles. The van der Waals surface area contributed by atoms with Crippen LogP contribution in [0.25, 0.3) is 10.9 Å². The monoisotopic (exact) mass is 424 g/mol. The summed E-state index contributed by atoms with van der Waals surface area (Å²) in [4.78, 5) is 19.2. The van der Waals surface area contributed by atoms with Gasteiger partial charge < -0.3 is 9.47 Å². The molecule has 1 aliphatic carbocycles. The quantitative estimate of drug-likeness (QED) is 0.560. The summed E-state index contributed by atoms with van der Waals surface area (Å²) < 4.78 is 11.5. The lowest BCUT2D eigenvalue weighted by molar-refractivity contribution is -0.149. The van der Waals surface area contributed by atoms with Crippen molar-refractivity contribution in [1.29, 1.82) is 0 Å². The average Bonchev–Trinajstić information content (AvgIpc) is 2.80. The van der Waals surface area contributed by atoms with Crippen molar-refractivity contribution in [2.45, 2.75) is 71.4 Å². The molecule has 0 atom stereocenters. The first-order valence-corrected chi connectivity index (χ1v) is 12.1. The predicted molar refractivity (Wildman–Crippen MR) is 123 cm³/mol. The summed E-state index contributed by atoms with van der Waals surface area (Å²) in [5.41, 5.74) is 2.09. The number of carbonyl (C=O) groups is 1. The van der Waals surface area contributed by atoms with E-state index in [0.717, 1.165) is 60.7 Å². The summed E-state index contributed by atoms with van der Waals surface area (Å²) >= 11 is 0. The van der Waals surface area contributed by atoms with Crippen LogP contribution in [0.5, 0.6) is 5.75 Å². The summed E-state index contributed by atoms with van der Waals surface area (Å²) in [6.07, 6.45) is 8.29. The van der Waals surface area contributed by atoms with Crippen molar-refractivity contribution in [2.75, 3.05) is 19.7 Å². The van der Waals surface area contributed by atoms with Crippen LogP contribution in [0.15, 0.2) is 30.3 Å². The zero-order valence-corrected chi connectivity index (χ0v) is 19.0. The molecule has 2 heterocycles. The molecular formula is C26H36N2O3. The number of pyridine rings is 1. The Balaban J connectivity index is 1.32. The van der Waals surface area contributed by atoms with Gasteiger partial charge in [-0.25, -0.2) is 0 Å². The van der Waals surface area contributed by atoms with Crippen LogP contribution < -0.4 is 4.74 Å². The molecule has 5 nitrogen and oxygen atoms in total. The summed E-state index contributed by atoms with van der Waals surface area (Å²) in [5.74, 6) is 1.86. The second-order valence-corrected chi connectivity index (χ2v) is 9.13. The van der Waals surface area contributed by atoms with E-state index in [4.69, 9.17) is 14.5 Å². The first-order chi connectivity index (χ1) is 15.1. The highest BCUT2D eigenvalue weighted by atomic mass is 16.5. The molecule has 31 heavy (non-hydrogen) atoms. The third kappa shape index (κ3) is 5.76. The molecule has 0 bridgehead atoms. The van der Waals surface area contributed by atoms with E-state index in [0.29, 0.717) is 12.7 Å². The topological polar surface area (TPSA) is 51.7 Å². The lowest BCUT2D eigenvalue weighted by Crippen LogP contribution is -2.36. The first-order valence-electron chi connectivity index (χ1n) is 12.1. The molecule has 0 amide bonds. The van der Waals surface area contributed by atoms with E-state index in [1.807, 2.05) is 6.92 Å². The van der Waals surface area contributed by atoms with Gasteiger partial charge in [0.25, 0.3) is 0 Å². The zero-order chi connectivity index (χ0) is 21.6. The van der Waals surface area contributed by atoms with Crippen molar-refractivity contribution in [1.82, 2.24) is 9.88 Å². The highest BCUT2D eigenvalue weighted by Gasteiger charge is 2.26. The van der Waals surface area contributed by atoms with E-state index in [2.05, 4.69) is 42.2 Å². The van der Waals surface area contributed by atoms with Crippen LogP contribution in [-0.2, 0) is 16.1 Å². The molecule has 1 aromatic heterocycles. The van der Waals surface area contributed by atoms with Gasteiger partial charge in [-0.2, -0.15) is 0 Å². The van der Waals surface area contributed by atoms with Crippen molar-refractivity contribution in [3.8, 4) is 5.75 Å².